The van der Waals surface area contributed by atoms with Gasteiger partial charge in [0, 0.05) is 32.7 Å². The summed E-state index contributed by atoms with van der Waals surface area (Å²) in [5.74, 6) is -5.24. The smallest absolute Gasteiger partial charge is 0.340 e. The summed E-state index contributed by atoms with van der Waals surface area (Å²) in [6.45, 7) is 0.882. The number of hydrogen-bond donors (Lipinski definition) is 1. The van der Waals surface area contributed by atoms with Crippen molar-refractivity contribution in [2.24, 2.45) is 11.8 Å². The molecule has 2 aliphatic heterocycles. The molecule has 4 rings (SSSR count). The molecule has 0 spiro atoms. The summed E-state index contributed by atoms with van der Waals surface area (Å²) in [7, 11) is 0. The number of amides is 2. The molecular weight excluding hydrogens is 470 g/mol. The van der Waals surface area contributed by atoms with Gasteiger partial charge in [-0.25, -0.2) is 8.78 Å². The van der Waals surface area contributed by atoms with Crippen molar-refractivity contribution in [3.05, 3.63) is 36.4 Å². The van der Waals surface area contributed by atoms with Crippen LogP contribution in [0.4, 0.5) is 23.2 Å². The molecule has 0 bridgehead atoms. The van der Waals surface area contributed by atoms with Gasteiger partial charge in [0.2, 0.25) is 11.8 Å². The quantitative estimate of drug-likeness (QED) is 0.320. The van der Waals surface area contributed by atoms with E-state index >= 15 is 0 Å². The first-order chi connectivity index (χ1) is 16.7. The number of carbonyl (C=O) groups excluding carboxylic acids is 2. The van der Waals surface area contributed by atoms with Crippen LogP contribution in [-0.4, -0.2) is 91.0 Å². The number of alkyl halides is 4. The third kappa shape index (κ3) is 5.61. The summed E-state index contributed by atoms with van der Waals surface area (Å²) in [6.07, 6.45) is 0.230. The summed E-state index contributed by atoms with van der Waals surface area (Å²) in [5.41, 5.74) is 0.530. The summed E-state index contributed by atoms with van der Waals surface area (Å²) in [5, 5.41) is 10.6. The van der Waals surface area contributed by atoms with Gasteiger partial charge < -0.3 is 14.7 Å². The SMILES string of the molecule is O=C1C2CC=CCC2C(=O)N1CC(O)CN1CCN(c2ccccc2OCC(F)(F)C(F)F)CC1. The van der Waals surface area contributed by atoms with Crippen LogP contribution in [0.25, 0.3) is 0 Å². The van der Waals surface area contributed by atoms with E-state index in [1.54, 1.807) is 18.2 Å². The van der Waals surface area contributed by atoms with Crippen LogP contribution in [0.3, 0.4) is 0 Å². The number of nitrogens with zero attached hydrogens (tertiary/aromatic N) is 3. The topological polar surface area (TPSA) is 73.3 Å². The number of likely N-dealkylation sites (tertiary alicyclic amines) is 1. The first-order valence-electron chi connectivity index (χ1n) is 11.7. The monoisotopic (exact) mass is 499 g/mol. The second-order valence-corrected chi connectivity index (χ2v) is 9.20. The van der Waals surface area contributed by atoms with Gasteiger partial charge in [0.25, 0.3) is 0 Å². The number of allylic oxidation sites excluding steroid dienone is 2. The van der Waals surface area contributed by atoms with Crippen LogP contribution in [0.2, 0.25) is 0 Å². The van der Waals surface area contributed by atoms with Gasteiger partial charge in [-0.3, -0.25) is 19.4 Å². The van der Waals surface area contributed by atoms with Gasteiger partial charge in [0.15, 0.2) is 6.61 Å². The number of para-hydroxylation sites is 2. The lowest BCUT2D eigenvalue weighted by Gasteiger charge is -2.37. The molecule has 2 saturated heterocycles. The van der Waals surface area contributed by atoms with Gasteiger partial charge in [-0.2, -0.15) is 8.78 Å². The number of benzene rings is 1. The maximum Gasteiger partial charge on any atom is 0.340 e. The van der Waals surface area contributed by atoms with E-state index in [-0.39, 0.29) is 42.5 Å². The van der Waals surface area contributed by atoms with Gasteiger partial charge in [0.1, 0.15) is 5.75 Å². The zero-order valence-electron chi connectivity index (χ0n) is 19.2. The molecule has 11 heteroatoms. The third-order valence-electron chi connectivity index (χ3n) is 6.78. The van der Waals surface area contributed by atoms with Crippen LogP contribution in [-0.2, 0) is 9.59 Å². The number of ether oxygens (including phenoxy) is 1. The molecule has 0 saturated carbocycles. The van der Waals surface area contributed by atoms with Crippen molar-refractivity contribution in [1.29, 1.82) is 0 Å². The Kier molecular flexibility index (Phi) is 7.65. The minimum absolute atomic E-state index is 0.0418. The normalized spacial score (nSPS) is 24.3. The molecule has 7 nitrogen and oxygen atoms in total. The second kappa shape index (κ2) is 10.5. The molecule has 2 fully saturated rings. The number of carbonyl (C=O) groups is 2. The fourth-order valence-electron chi connectivity index (χ4n) is 4.86. The van der Waals surface area contributed by atoms with Gasteiger partial charge >= 0.3 is 12.3 Å². The van der Waals surface area contributed by atoms with E-state index in [4.69, 9.17) is 4.74 Å². The number of aliphatic hydroxyl groups excluding tert-OH is 1. The van der Waals surface area contributed by atoms with Crippen molar-refractivity contribution >= 4 is 17.5 Å². The average molecular weight is 500 g/mol. The Morgan fingerprint density at radius 1 is 0.971 bits per heavy atom. The Labute approximate surface area is 200 Å². The minimum Gasteiger partial charge on any atom is -0.485 e. The number of fused-ring (bicyclic) bond motifs is 1. The standard InChI is InChI=1S/C24H29F4N3O4/c25-23(26)24(27,28)15-35-20-8-4-3-7-19(20)30-11-9-29(10-12-30)13-16(32)14-31-21(33)17-5-1-2-6-18(17)22(31)34/h1-4,7-8,16-18,23,32H,5-6,9-15H2. The maximum atomic E-state index is 13.3. The van der Waals surface area contributed by atoms with Gasteiger partial charge in [-0.05, 0) is 25.0 Å². The van der Waals surface area contributed by atoms with Crippen molar-refractivity contribution in [2.45, 2.75) is 31.3 Å². The number of piperazine rings is 1. The first kappa shape index (κ1) is 25.4. The van der Waals surface area contributed by atoms with Gasteiger partial charge in [-0.15, -0.1) is 0 Å². The summed E-state index contributed by atoms with van der Waals surface area (Å²) >= 11 is 0. The van der Waals surface area contributed by atoms with Crippen LogP contribution >= 0.6 is 0 Å². The van der Waals surface area contributed by atoms with E-state index in [1.807, 2.05) is 22.0 Å². The summed E-state index contributed by atoms with van der Waals surface area (Å²) in [4.78, 5) is 30.3. The summed E-state index contributed by atoms with van der Waals surface area (Å²) < 4.78 is 56.5. The molecule has 35 heavy (non-hydrogen) atoms. The Morgan fingerprint density at radius 2 is 1.57 bits per heavy atom. The molecule has 2 heterocycles. The molecule has 3 aliphatic rings. The molecule has 1 aromatic rings. The molecule has 2 amide bonds. The fourth-order valence-corrected chi connectivity index (χ4v) is 4.86. The maximum absolute atomic E-state index is 13.3. The van der Waals surface area contributed by atoms with Gasteiger partial charge in [-0.1, -0.05) is 24.3 Å². The minimum atomic E-state index is -4.24. The van der Waals surface area contributed by atoms with E-state index < -0.39 is 25.1 Å². The molecule has 192 valence electrons. The fraction of sp³-hybridized carbons (Fsp3) is 0.583. The van der Waals surface area contributed by atoms with E-state index in [2.05, 4.69) is 0 Å². The van der Waals surface area contributed by atoms with Crippen molar-refractivity contribution in [2.75, 3.05) is 50.8 Å². The molecule has 0 aromatic heterocycles. The van der Waals surface area contributed by atoms with Crippen molar-refractivity contribution in [1.82, 2.24) is 9.80 Å². The van der Waals surface area contributed by atoms with Crippen LogP contribution in [0.15, 0.2) is 36.4 Å². The molecule has 1 aliphatic carbocycles. The molecular formula is C24H29F4N3O4. The van der Waals surface area contributed by atoms with E-state index in [1.165, 1.54) is 11.0 Å². The Balaban J connectivity index is 1.28. The number of aliphatic hydroxyl groups is 1. The predicted molar refractivity (Wildman–Crippen MR) is 120 cm³/mol. The Morgan fingerprint density at radius 3 is 2.17 bits per heavy atom. The lowest BCUT2D eigenvalue weighted by atomic mass is 9.85. The van der Waals surface area contributed by atoms with Gasteiger partial charge in [0.05, 0.1) is 30.2 Å². The van der Waals surface area contributed by atoms with E-state index in [0.717, 1.165) is 0 Å². The zero-order valence-corrected chi connectivity index (χ0v) is 19.2. The number of rotatable bonds is 9. The number of imide groups is 1. The molecule has 1 N–H and O–H groups in total. The highest BCUT2D eigenvalue weighted by molar-refractivity contribution is 6.05. The third-order valence-corrected chi connectivity index (χ3v) is 6.78. The lowest BCUT2D eigenvalue weighted by molar-refractivity contribution is -0.148. The van der Waals surface area contributed by atoms with E-state index in [9.17, 15) is 32.3 Å². The first-order valence-corrected chi connectivity index (χ1v) is 11.7. The number of halogens is 4. The zero-order chi connectivity index (χ0) is 25.2. The number of hydrogen-bond acceptors (Lipinski definition) is 6. The van der Waals surface area contributed by atoms with E-state index in [0.29, 0.717) is 44.7 Å². The van der Waals surface area contributed by atoms with Crippen LogP contribution < -0.4 is 9.64 Å². The molecule has 3 unspecified atom stereocenters. The predicted octanol–water partition coefficient (Wildman–Crippen LogP) is 2.40. The second-order valence-electron chi connectivity index (χ2n) is 9.20. The van der Waals surface area contributed by atoms with Crippen molar-refractivity contribution in [3.8, 4) is 5.75 Å². The molecule has 3 atom stereocenters. The van der Waals surface area contributed by atoms with Crippen LogP contribution in [0.5, 0.6) is 5.75 Å². The highest BCUT2D eigenvalue weighted by atomic mass is 19.3. The Hall–Kier alpha value is -2.66. The van der Waals surface area contributed by atoms with Crippen molar-refractivity contribution < 1.29 is 37.0 Å². The highest BCUT2D eigenvalue weighted by Gasteiger charge is 2.47. The Bertz CT molecular complexity index is 926. The van der Waals surface area contributed by atoms with Crippen molar-refractivity contribution in [3.63, 3.8) is 0 Å². The summed E-state index contributed by atoms with van der Waals surface area (Å²) in [6, 6.07) is 6.43. The molecule has 0 radical (unpaired) electrons. The highest BCUT2D eigenvalue weighted by Crippen LogP contribution is 2.35. The van der Waals surface area contributed by atoms with Crippen LogP contribution in [0, 0.1) is 11.8 Å². The lowest BCUT2D eigenvalue weighted by Crippen LogP contribution is -2.50. The number of β-amino-alcohol motifs (C(OH)–C–C–N with tert-alkyl or cyclic N) is 1. The average Bonchev–Trinajstić information content (AvgIpc) is 3.08. The van der Waals surface area contributed by atoms with Crippen LogP contribution in [0.1, 0.15) is 12.8 Å². The number of anilines is 1. The molecule has 1 aromatic carbocycles. The largest absolute Gasteiger partial charge is 0.485 e.